The fraction of sp³-hybridized carbons (Fsp3) is 0.255. The van der Waals surface area contributed by atoms with Gasteiger partial charge in [0.25, 0.3) is 0 Å². The van der Waals surface area contributed by atoms with Gasteiger partial charge >= 0.3 is 657 Å². The second-order valence-corrected chi connectivity index (χ2v) is 43.2. The number of nitrogens with zero attached hydrogens (tertiary/aromatic N) is 4. The number of rotatable bonds is 8. The molecule has 13 aromatic carbocycles. The van der Waals surface area contributed by atoms with Crippen molar-refractivity contribution in [1.82, 2.24) is 9.13 Å². The van der Waals surface area contributed by atoms with Crippen LogP contribution in [0.1, 0.15) is 214 Å². The first-order valence-electron chi connectivity index (χ1n) is 51.4. The van der Waals surface area contributed by atoms with Crippen molar-refractivity contribution < 1.29 is 30.2 Å². The summed E-state index contributed by atoms with van der Waals surface area (Å²) in [7, 11) is 0. The summed E-state index contributed by atoms with van der Waals surface area (Å²) in [5.41, 5.74) is 8.85. The molecular weight excluding hydrogens is 1550 g/mol. The van der Waals surface area contributed by atoms with E-state index in [2.05, 4.69) is 255 Å². The summed E-state index contributed by atoms with van der Waals surface area (Å²) < 4.78 is 229. The fourth-order valence-corrected chi connectivity index (χ4v) is 21.8. The molecule has 0 fully saturated rings. The Kier molecular flexibility index (Phi) is 12.8. The quantitative estimate of drug-likeness (QED) is 0.141. The van der Waals surface area contributed by atoms with Crippen LogP contribution in [0.15, 0.2) is 266 Å². The molecule has 117 heavy (non-hydrogen) atoms. The third-order valence-electron chi connectivity index (χ3n) is 23.7. The molecule has 7 heteroatoms. The fourth-order valence-electron chi connectivity index (χ4n) is 17.1. The molecule has 2 aliphatic heterocycles. The average molecular weight is 1680 g/mol. The van der Waals surface area contributed by atoms with Crippen molar-refractivity contribution in [3.05, 3.63) is 305 Å². The summed E-state index contributed by atoms with van der Waals surface area (Å²) in [5.74, 6) is 0. The molecule has 4 aromatic heterocycles. The van der Waals surface area contributed by atoms with Crippen molar-refractivity contribution in [2.24, 2.45) is 0 Å². The zero-order chi connectivity index (χ0) is 101. The van der Waals surface area contributed by atoms with Crippen LogP contribution in [-0.4, -0.2) is 44.9 Å². The van der Waals surface area contributed by atoms with Gasteiger partial charge in [-0.3, -0.25) is 0 Å². The van der Waals surface area contributed by atoms with Crippen LogP contribution in [0, 0.1) is 0 Å². The van der Waals surface area contributed by atoms with E-state index in [9.17, 15) is 27.4 Å². The first kappa shape index (κ1) is 55.3. The Labute approximate surface area is 736 Å². The SMILES string of the molecule is [2H]c1c([2H])c(-n2c3[se]c4c([2H])c([2H])c([2H])c([2H])c4c3c3c([2H])c([2H])c([2H])c([2H])c32)c([2H])c2c1B1c3c(cc(C(C)(C)C)cc3N(c3c(-c4cccc(C(C)(C)C)c4)cc(C(C)(C)C)cc3-c3cccc(C(C)(C)C)c3)c3c([2H])c(-n4c5[se]c6c([2H])c([2H])c([2H])c([2H])c6c5c5c([2H])c([2H])c([2H])c([2H])c54)c([2H])c([2H])c31)N2c1c(-c2cccc(C(C)(C)C)c2)cc(C(C)(C)C)cc1-c1cccc(C(C)(C)C)c1. The van der Waals surface area contributed by atoms with Crippen LogP contribution in [0.25, 0.3) is 117 Å². The number of benzene rings is 13. The van der Waals surface area contributed by atoms with Gasteiger partial charge in [0, 0.05) is 0 Å². The Hall–Kier alpha value is -10.4. The molecule has 0 unspecified atom stereocenters. The molecule has 582 valence electrons. The summed E-state index contributed by atoms with van der Waals surface area (Å²) in [4.78, 5) is 4.08. The van der Waals surface area contributed by atoms with Crippen molar-refractivity contribution in [2.45, 2.75) is 183 Å². The topological polar surface area (TPSA) is 16.3 Å². The molecule has 19 rings (SSSR count). The average Bonchev–Trinajstić information content (AvgIpc) is 1.66. The summed E-state index contributed by atoms with van der Waals surface area (Å²) in [6.07, 6.45) is 0. The van der Waals surface area contributed by atoms with Crippen molar-refractivity contribution >= 4 is 147 Å². The molecule has 0 atom stereocenters. The molecule has 0 saturated carbocycles. The van der Waals surface area contributed by atoms with Gasteiger partial charge in [0.2, 0.25) is 0 Å². The maximum atomic E-state index is 12.2. The van der Waals surface area contributed by atoms with Gasteiger partial charge in [0.15, 0.2) is 0 Å². The van der Waals surface area contributed by atoms with Gasteiger partial charge in [-0.15, -0.1) is 0 Å². The zero-order valence-corrected chi connectivity index (χ0v) is 73.8. The number of aromatic nitrogens is 2. The van der Waals surface area contributed by atoms with Crippen LogP contribution in [0.4, 0.5) is 34.1 Å². The van der Waals surface area contributed by atoms with Crippen LogP contribution in [0.5, 0.6) is 0 Å². The second kappa shape index (κ2) is 27.1. The van der Waals surface area contributed by atoms with E-state index in [1.54, 1.807) is 0 Å². The molecule has 0 bridgehead atoms. The van der Waals surface area contributed by atoms with E-state index in [4.69, 9.17) is 2.74 Å². The zero-order valence-electron chi connectivity index (χ0n) is 92.4. The molecular formula is C110H107BN4Se2. The van der Waals surface area contributed by atoms with E-state index in [0.717, 1.165) is 55.6 Å². The molecule has 6 heterocycles. The van der Waals surface area contributed by atoms with Crippen molar-refractivity contribution in [3.63, 3.8) is 0 Å². The Morgan fingerprint density at radius 2 is 0.581 bits per heavy atom. The van der Waals surface area contributed by atoms with Gasteiger partial charge in [0.1, 0.15) is 0 Å². The van der Waals surface area contributed by atoms with Crippen LogP contribution in [-0.2, 0) is 37.9 Å². The van der Waals surface area contributed by atoms with E-state index in [1.165, 1.54) is 9.13 Å². The first-order valence-corrected chi connectivity index (χ1v) is 43.8. The second-order valence-electron chi connectivity index (χ2n) is 39.0. The van der Waals surface area contributed by atoms with Gasteiger partial charge in [0.05, 0.1) is 0 Å². The van der Waals surface area contributed by atoms with Gasteiger partial charge in [-0.1, -0.05) is 83.1 Å². The van der Waals surface area contributed by atoms with Crippen LogP contribution >= 0.6 is 0 Å². The Morgan fingerprint density at radius 1 is 0.291 bits per heavy atom. The molecule has 0 aliphatic carbocycles. The van der Waals surface area contributed by atoms with E-state index in [0.29, 0.717) is 56.0 Å². The van der Waals surface area contributed by atoms with Gasteiger partial charge in [-0.2, -0.15) is 0 Å². The number of fused-ring (bicyclic) bond motifs is 14. The maximum absolute atomic E-state index is 12.2. The summed E-state index contributed by atoms with van der Waals surface area (Å²) >= 11 is -2.48. The predicted molar refractivity (Wildman–Crippen MR) is 511 cm³/mol. The Balaban J connectivity index is 1.12. The molecule has 0 spiro atoms. The molecule has 4 nitrogen and oxygen atoms in total. The van der Waals surface area contributed by atoms with Crippen LogP contribution < -0.4 is 26.2 Å². The summed E-state index contributed by atoms with van der Waals surface area (Å²) in [5, 5.41) is -0.147. The third-order valence-corrected chi connectivity index (χ3v) is 28.3. The summed E-state index contributed by atoms with van der Waals surface area (Å²) in [6.45, 7) is 43.4. The normalized spacial score (nSPS) is 16.3. The predicted octanol–water partition coefficient (Wildman–Crippen LogP) is 28.1. The van der Waals surface area contributed by atoms with Gasteiger partial charge in [-0.05, 0) is 0 Å². The van der Waals surface area contributed by atoms with Crippen LogP contribution in [0.2, 0.25) is 0 Å². The Morgan fingerprint density at radius 3 is 0.897 bits per heavy atom. The third kappa shape index (κ3) is 12.8. The van der Waals surface area contributed by atoms with E-state index < -0.39 is 194 Å². The van der Waals surface area contributed by atoms with Crippen LogP contribution in [0.3, 0.4) is 0 Å². The van der Waals surface area contributed by atoms with Gasteiger partial charge in [-0.25, -0.2) is 0 Å². The molecule has 17 aromatic rings. The van der Waals surface area contributed by atoms with Crippen molar-refractivity contribution in [3.8, 4) is 55.9 Å². The number of hydrogen-bond acceptors (Lipinski definition) is 2. The molecule has 0 saturated heterocycles. The molecule has 0 N–H and O–H groups in total. The molecule has 2 aliphatic rings. The summed E-state index contributed by atoms with van der Waals surface area (Å²) in [6, 6.07) is 34.3. The van der Waals surface area contributed by atoms with E-state index >= 15 is 0 Å². The Bertz CT molecular complexity index is 7720. The number of anilines is 6. The molecule has 0 amide bonds. The van der Waals surface area contributed by atoms with Crippen molar-refractivity contribution in [2.75, 3.05) is 9.80 Å². The number of para-hydroxylation sites is 2. The first-order chi connectivity index (χ1) is 64.6. The van der Waals surface area contributed by atoms with E-state index in [-0.39, 0.29) is 106 Å². The minimum absolute atomic E-state index is 0.000688. The van der Waals surface area contributed by atoms with E-state index in [1.807, 2.05) is 34.1 Å². The standard InChI is InChI=1S/C110H107BN4Se2/c1-104(2,3)70-38-30-34-66(54-70)83-58-74(108(13,14)15)59-84(67-35-31-39-71(55-67)105(4,5)6)100(83)114-91-64-77(112-89-46-26-22-42-79(89)97-81-44-24-28-48-95(81)116-102(97)112)50-52-87(91)111-88-53-51-78(113-90-47-27-23-43-80(90)98-82-45-25-29-49-96(82)117-103(98)113)65-92(88)115(94-63-76(110(19,20)21)62-93(114)99(94)111)101-85(68-36-32-40-72(56-68)106(7,8)9)60-75(109(16,17)18)61-86(101)69-37-33-41-73(57-69)107(10,11)12/h22-65H,1-21H3/i22D,23D,24D,25D,26D,27D,28D,29D,42D,43D,44D,45D,46D,47D,48D,49D,50D,51D,52D,53D,64D,65D. The van der Waals surface area contributed by atoms with Crippen molar-refractivity contribution in [1.29, 1.82) is 0 Å². The minimum atomic E-state index is -1.61. The monoisotopic (exact) mass is 1680 g/mol. The van der Waals surface area contributed by atoms with Gasteiger partial charge < -0.3 is 0 Å². The molecule has 0 radical (unpaired) electrons. The number of hydrogen-bond donors (Lipinski definition) is 0.